The molecule has 0 spiro atoms. The first-order chi connectivity index (χ1) is 15.3. The predicted molar refractivity (Wildman–Crippen MR) is 114 cm³/mol. The quantitative estimate of drug-likeness (QED) is 0.289. The Morgan fingerprint density at radius 3 is 2.00 bits per heavy atom. The van der Waals surface area contributed by atoms with E-state index in [1.807, 2.05) is 13.8 Å². The molecule has 0 amide bonds. The van der Waals surface area contributed by atoms with E-state index >= 15 is 0 Å². The number of amidine groups is 1. The maximum Gasteiger partial charge on any atom is 0.490 e. The molecule has 0 aliphatic carbocycles. The Balaban J connectivity index is 0.000000675. The molecule has 0 fully saturated rings. The van der Waals surface area contributed by atoms with E-state index < -0.39 is 24.2 Å². The lowest BCUT2D eigenvalue weighted by atomic mass is 10.1. The molecule has 1 unspecified atom stereocenters. The molecule has 0 bridgehead atoms. The van der Waals surface area contributed by atoms with Gasteiger partial charge in [-0.25, -0.2) is 9.59 Å². The normalized spacial score (nSPS) is 11.6. The Morgan fingerprint density at radius 1 is 1.06 bits per heavy atom. The molecular weight excluding hydrogens is 447 g/mol. The zero-order chi connectivity index (χ0) is 25.3. The Hall–Kier alpha value is -3.96. The first kappa shape index (κ1) is 27.1. The van der Waals surface area contributed by atoms with Crippen LogP contribution in [-0.2, 0) is 9.59 Å². The van der Waals surface area contributed by atoms with Gasteiger partial charge in [0.05, 0.1) is 13.2 Å². The largest absolute Gasteiger partial charge is 0.493 e. The van der Waals surface area contributed by atoms with E-state index in [1.54, 1.807) is 42.5 Å². The van der Waals surface area contributed by atoms with Gasteiger partial charge in [0, 0.05) is 11.3 Å². The number of nitrogens with one attached hydrogen (secondary N) is 2. The Kier molecular flexibility index (Phi) is 9.52. The van der Waals surface area contributed by atoms with Crippen LogP contribution in [0.15, 0.2) is 42.5 Å². The van der Waals surface area contributed by atoms with Crippen molar-refractivity contribution in [3.8, 4) is 11.5 Å². The van der Waals surface area contributed by atoms with Crippen molar-refractivity contribution in [2.24, 2.45) is 5.73 Å². The number of carbonyl (C=O) groups is 2. The molecule has 33 heavy (non-hydrogen) atoms. The summed E-state index contributed by atoms with van der Waals surface area (Å²) < 4.78 is 42.7. The SMILES string of the molecule is COc1cc(C(Nc2ccc(C(=N)N)cc2)C(=O)O)ccc1OC(C)C.O=C(O)C(F)(F)F. The number of nitrogen functional groups attached to an aromatic ring is 1. The van der Waals surface area contributed by atoms with E-state index in [4.69, 9.17) is 30.5 Å². The zero-order valence-electron chi connectivity index (χ0n) is 17.9. The fourth-order valence-corrected chi connectivity index (χ4v) is 2.42. The molecular formula is C21H24F3N3O6. The van der Waals surface area contributed by atoms with Crippen LogP contribution >= 0.6 is 0 Å². The Morgan fingerprint density at radius 2 is 1.61 bits per heavy atom. The van der Waals surface area contributed by atoms with Gasteiger partial charge in [-0.3, -0.25) is 5.41 Å². The maximum absolute atomic E-state index is 11.8. The van der Waals surface area contributed by atoms with Gasteiger partial charge in [0.15, 0.2) is 17.5 Å². The number of hydrogen-bond donors (Lipinski definition) is 5. The van der Waals surface area contributed by atoms with Crippen molar-refractivity contribution in [3.63, 3.8) is 0 Å². The van der Waals surface area contributed by atoms with E-state index in [9.17, 15) is 23.1 Å². The van der Waals surface area contributed by atoms with Gasteiger partial charge in [0.2, 0.25) is 0 Å². The van der Waals surface area contributed by atoms with Gasteiger partial charge < -0.3 is 30.7 Å². The van der Waals surface area contributed by atoms with Crippen LogP contribution in [0, 0.1) is 5.41 Å². The van der Waals surface area contributed by atoms with Gasteiger partial charge in [-0.2, -0.15) is 13.2 Å². The highest BCUT2D eigenvalue weighted by Crippen LogP contribution is 2.32. The number of alkyl halides is 3. The third kappa shape index (κ3) is 8.59. The first-order valence-electron chi connectivity index (χ1n) is 9.34. The van der Waals surface area contributed by atoms with Crippen molar-refractivity contribution in [1.82, 2.24) is 0 Å². The molecule has 0 aliphatic rings. The second-order valence-electron chi connectivity index (χ2n) is 6.79. The van der Waals surface area contributed by atoms with Crippen molar-refractivity contribution in [3.05, 3.63) is 53.6 Å². The lowest BCUT2D eigenvalue weighted by molar-refractivity contribution is -0.192. The van der Waals surface area contributed by atoms with E-state index in [0.29, 0.717) is 28.3 Å². The Labute approximate surface area is 187 Å². The van der Waals surface area contributed by atoms with E-state index in [-0.39, 0.29) is 11.9 Å². The summed E-state index contributed by atoms with van der Waals surface area (Å²) >= 11 is 0. The fraction of sp³-hybridized carbons (Fsp3) is 0.286. The molecule has 0 aliphatic heterocycles. The third-order valence-electron chi connectivity index (χ3n) is 3.88. The minimum atomic E-state index is -5.08. The number of nitrogens with two attached hydrogens (primary N) is 1. The summed E-state index contributed by atoms with van der Waals surface area (Å²) in [5.74, 6) is -2.80. The topological polar surface area (TPSA) is 155 Å². The van der Waals surface area contributed by atoms with Crippen LogP contribution in [-0.4, -0.2) is 47.4 Å². The zero-order valence-corrected chi connectivity index (χ0v) is 17.9. The van der Waals surface area contributed by atoms with E-state index in [0.717, 1.165) is 0 Å². The summed E-state index contributed by atoms with van der Waals surface area (Å²) in [7, 11) is 1.51. The predicted octanol–water partition coefficient (Wildman–Crippen LogP) is 3.64. The Bertz CT molecular complexity index is 978. The summed E-state index contributed by atoms with van der Waals surface area (Å²) in [4.78, 5) is 20.6. The average molecular weight is 471 g/mol. The van der Waals surface area contributed by atoms with Gasteiger partial charge in [-0.05, 0) is 55.8 Å². The van der Waals surface area contributed by atoms with Gasteiger partial charge >= 0.3 is 18.1 Å². The number of halogens is 3. The fourth-order valence-electron chi connectivity index (χ4n) is 2.42. The molecule has 1 atom stereocenters. The summed E-state index contributed by atoms with van der Waals surface area (Å²) in [5.41, 5.74) is 7.13. The summed E-state index contributed by atoms with van der Waals surface area (Å²) in [6.45, 7) is 3.80. The maximum atomic E-state index is 11.8. The molecule has 2 aromatic carbocycles. The molecule has 0 aromatic heterocycles. The van der Waals surface area contributed by atoms with E-state index in [1.165, 1.54) is 7.11 Å². The number of carboxylic acids is 2. The molecule has 0 heterocycles. The minimum Gasteiger partial charge on any atom is -0.493 e. The van der Waals surface area contributed by atoms with Gasteiger partial charge in [-0.15, -0.1) is 0 Å². The van der Waals surface area contributed by atoms with Crippen LogP contribution in [0.2, 0.25) is 0 Å². The minimum absolute atomic E-state index is 0.0251. The molecule has 180 valence electrons. The van der Waals surface area contributed by atoms with Crippen LogP contribution < -0.4 is 20.5 Å². The van der Waals surface area contributed by atoms with Crippen LogP contribution in [0.4, 0.5) is 18.9 Å². The number of benzene rings is 2. The number of ether oxygens (including phenoxy) is 2. The highest BCUT2D eigenvalue weighted by atomic mass is 19.4. The van der Waals surface area contributed by atoms with Crippen molar-refractivity contribution in [1.29, 1.82) is 5.41 Å². The number of rotatable bonds is 8. The first-order valence-corrected chi connectivity index (χ1v) is 9.34. The summed E-state index contributed by atoms with van der Waals surface area (Å²) in [6, 6.07) is 10.7. The van der Waals surface area contributed by atoms with Gasteiger partial charge in [0.25, 0.3) is 0 Å². The van der Waals surface area contributed by atoms with Crippen molar-refractivity contribution in [2.75, 3.05) is 12.4 Å². The van der Waals surface area contributed by atoms with Gasteiger partial charge in [-0.1, -0.05) is 6.07 Å². The average Bonchev–Trinajstić information content (AvgIpc) is 2.72. The van der Waals surface area contributed by atoms with Crippen molar-refractivity contribution < 1.29 is 42.4 Å². The van der Waals surface area contributed by atoms with Crippen LogP contribution in [0.3, 0.4) is 0 Å². The molecule has 0 radical (unpaired) electrons. The lowest BCUT2D eigenvalue weighted by Gasteiger charge is -2.19. The number of carboxylic acid groups (broad SMARTS) is 2. The number of methoxy groups -OCH3 is 1. The monoisotopic (exact) mass is 471 g/mol. The van der Waals surface area contributed by atoms with Crippen molar-refractivity contribution >= 4 is 23.5 Å². The summed E-state index contributed by atoms with van der Waals surface area (Å²) in [5, 5.41) is 27.1. The molecule has 2 rings (SSSR count). The second-order valence-corrected chi connectivity index (χ2v) is 6.79. The third-order valence-corrected chi connectivity index (χ3v) is 3.88. The highest BCUT2D eigenvalue weighted by molar-refractivity contribution is 5.95. The van der Waals surface area contributed by atoms with Crippen LogP contribution in [0.5, 0.6) is 11.5 Å². The summed E-state index contributed by atoms with van der Waals surface area (Å²) in [6.07, 6.45) is -5.11. The van der Waals surface area contributed by atoms with E-state index in [2.05, 4.69) is 5.32 Å². The van der Waals surface area contributed by atoms with Gasteiger partial charge in [0.1, 0.15) is 5.84 Å². The molecule has 0 saturated heterocycles. The van der Waals surface area contributed by atoms with Crippen LogP contribution in [0.25, 0.3) is 0 Å². The standard InChI is InChI=1S/C19H23N3O4.C2HF3O2/c1-11(2)26-15-9-6-13(10-16(15)25-3)17(19(23)24)22-14-7-4-12(5-8-14)18(20)21;3-2(4,5)1(6)7/h4-11,17,22H,1-3H3,(H3,20,21)(H,23,24);(H,6,7). The number of anilines is 1. The van der Waals surface area contributed by atoms with Crippen molar-refractivity contribution in [2.45, 2.75) is 32.2 Å². The molecule has 0 saturated carbocycles. The molecule has 6 N–H and O–H groups in total. The smallest absolute Gasteiger partial charge is 0.490 e. The highest BCUT2D eigenvalue weighted by Gasteiger charge is 2.38. The molecule has 2 aromatic rings. The lowest BCUT2D eigenvalue weighted by Crippen LogP contribution is -2.21. The molecule has 12 heteroatoms. The van der Waals surface area contributed by atoms with Crippen LogP contribution in [0.1, 0.15) is 31.0 Å². The number of hydrogen-bond acceptors (Lipinski definition) is 6. The molecule has 9 nitrogen and oxygen atoms in total. The second kappa shape index (κ2) is 11.6. The number of aliphatic carboxylic acids is 2.